The average molecular weight is 531 g/mol. The van der Waals surface area contributed by atoms with Gasteiger partial charge in [0.25, 0.3) is 0 Å². The number of hydrogen-bond donors (Lipinski definition) is 4. The van der Waals surface area contributed by atoms with Crippen LogP contribution in [0.4, 0.5) is 0 Å². The zero-order chi connectivity index (χ0) is 26.9. The van der Waals surface area contributed by atoms with Crippen molar-refractivity contribution in [1.82, 2.24) is 0 Å². The summed E-state index contributed by atoms with van der Waals surface area (Å²) < 4.78 is 4.55. The van der Waals surface area contributed by atoms with Crippen LogP contribution in [0.3, 0.4) is 0 Å². The largest absolute Gasteiger partial charge is 0.480 e. The van der Waals surface area contributed by atoms with Crippen LogP contribution in [0.25, 0.3) is 0 Å². The van der Waals surface area contributed by atoms with Gasteiger partial charge in [0.05, 0.1) is 11.1 Å². The monoisotopic (exact) mass is 530 g/mol. The van der Waals surface area contributed by atoms with Crippen molar-refractivity contribution in [3.63, 3.8) is 0 Å². The Balaban J connectivity index is 2.39. The maximum Gasteiger partial charge on any atom is 0.332 e. The van der Waals surface area contributed by atoms with Crippen molar-refractivity contribution in [2.45, 2.75) is 0 Å². The van der Waals surface area contributed by atoms with E-state index in [2.05, 4.69) is 4.74 Å². The molecule has 0 fully saturated rings. The van der Waals surface area contributed by atoms with E-state index in [1.54, 1.807) is 0 Å². The molecule has 184 valence electrons. The number of rotatable bonds is 8. The predicted octanol–water partition coefficient (Wildman–Crippen LogP) is 0.123. The Morgan fingerprint density at radius 2 is 0.971 bits per heavy atom. The molecule has 0 amide bonds. The standard InChI is InChI=1S/C20H12Cl2O13/c21-15(29)19(17(31)32)3-1-7(9(5-19)11(23)24)13(27)35-14(28)8-2-4-20(16(22)30,18(33)34)6-10(8)12(25)26/h1-8H,(H,23,24)(H,25,26)(H,31,32)(H,33,34). The number of halogens is 2. The van der Waals surface area contributed by atoms with Crippen LogP contribution >= 0.6 is 23.2 Å². The molecule has 4 atom stereocenters. The van der Waals surface area contributed by atoms with Crippen LogP contribution in [0.1, 0.15) is 0 Å². The summed E-state index contributed by atoms with van der Waals surface area (Å²) in [6, 6.07) is 0. The van der Waals surface area contributed by atoms with E-state index in [0.29, 0.717) is 36.5 Å². The Morgan fingerprint density at radius 1 is 0.657 bits per heavy atom. The molecule has 4 unspecified atom stereocenters. The van der Waals surface area contributed by atoms with Gasteiger partial charge in [-0.2, -0.15) is 0 Å². The van der Waals surface area contributed by atoms with Crippen molar-refractivity contribution in [3.05, 3.63) is 47.6 Å². The molecular weight excluding hydrogens is 519 g/mol. The van der Waals surface area contributed by atoms with Crippen molar-refractivity contribution < 1.29 is 63.5 Å². The first kappa shape index (κ1) is 27.1. The van der Waals surface area contributed by atoms with Gasteiger partial charge in [0, 0.05) is 0 Å². The molecule has 13 nitrogen and oxygen atoms in total. The van der Waals surface area contributed by atoms with Gasteiger partial charge >= 0.3 is 35.8 Å². The number of carboxylic acids is 4. The zero-order valence-electron chi connectivity index (χ0n) is 16.8. The summed E-state index contributed by atoms with van der Waals surface area (Å²) in [5.41, 5.74) is -7.19. The molecule has 0 saturated carbocycles. The van der Waals surface area contributed by atoms with Crippen LogP contribution < -0.4 is 0 Å². The minimum atomic E-state index is -2.62. The first-order valence-corrected chi connectivity index (χ1v) is 9.79. The fraction of sp³-hybridized carbons (Fsp3) is 0.200. The van der Waals surface area contributed by atoms with Crippen LogP contribution in [0.2, 0.25) is 0 Å². The van der Waals surface area contributed by atoms with E-state index >= 15 is 0 Å². The molecule has 2 aliphatic carbocycles. The Kier molecular flexibility index (Phi) is 7.48. The molecule has 0 aromatic carbocycles. The van der Waals surface area contributed by atoms with Gasteiger partial charge in [-0.3, -0.25) is 28.8 Å². The summed E-state index contributed by atoms with van der Waals surface area (Å²) in [6.07, 6.45) is 3.31. The van der Waals surface area contributed by atoms with Crippen LogP contribution in [0.15, 0.2) is 47.6 Å². The van der Waals surface area contributed by atoms with Crippen molar-refractivity contribution in [2.24, 2.45) is 22.7 Å². The number of hydrogen-bond acceptors (Lipinski definition) is 9. The van der Waals surface area contributed by atoms with Crippen molar-refractivity contribution >= 4 is 69.5 Å². The topological polar surface area (TPSA) is 227 Å². The zero-order valence-corrected chi connectivity index (χ0v) is 18.3. The van der Waals surface area contributed by atoms with E-state index in [1.807, 2.05) is 0 Å². The van der Waals surface area contributed by atoms with Crippen LogP contribution in [0, 0.1) is 22.7 Å². The molecule has 15 heteroatoms. The van der Waals surface area contributed by atoms with E-state index in [9.17, 15) is 58.8 Å². The first-order chi connectivity index (χ1) is 16.1. The summed E-state index contributed by atoms with van der Waals surface area (Å²) in [5.74, 6) is -14.4. The van der Waals surface area contributed by atoms with E-state index < -0.39 is 80.1 Å². The fourth-order valence-electron chi connectivity index (χ4n) is 3.18. The number of carbonyl (C=O) groups excluding carboxylic acids is 4. The molecule has 0 aromatic heterocycles. The SMILES string of the molecule is O=C(O)C1=CC(C(=O)O)(C(=O)Cl)C=CC1C(=O)OC(=O)C1C=CC(C(=O)O)(C(=O)Cl)C=C1C(=O)O. The second-order valence-electron chi connectivity index (χ2n) is 7.12. The minimum absolute atomic E-state index is 0.389. The second-order valence-corrected chi connectivity index (χ2v) is 7.81. The quantitative estimate of drug-likeness (QED) is 0.141. The van der Waals surface area contributed by atoms with Crippen LogP contribution in [0.5, 0.6) is 0 Å². The lowest BCUT2D eigenvalue weighted by molar-refractivity contribution is -0.164. The Hall–Kier alpha value is -4.10. The fourth-order valence-corrected chi connectivity index (χ4v) is 3.57. The molecule has 0 aliphatic heterocycles. The van der Waals surface area contributed by atoms with Crippen LogP contribution in [-0.2, 0) is 43.1 Å². The minimum Gasteiger partial charge on any atom is -0.480 e. The summed E-state index contributed by atoms with van der Waals surface area (Å²) in [6.45, 7) is 0. The van der Waals surface area contributed by atoms with Gasteiger partial charge in [-0.1, -0.05) is 24.3 Å². The highest BCUT2D eigenvalue weighted by molar-refractivity contribution is 6.67. The van der Waals surface area contributed by atoms with E-state index in [1.165, 1.54) is 0 Å². The van der Waals surface area contributed by atoms with E-state index in [0.717, 1.165) is 0 Å². The molecule has 0 radical (unpaired) electrons. The maximum absolute atomic E-state index is 12.5. The lowest BCUT2D eigenvalue weighted by Gasteiger charge is -2.27. The maximum atomic E-state index is 12.5. The Morgan fingerprint density at radius 3 is 1.20 bits per heavy atom. The van der Waals surface area contributed by atoms with Crippen LogP contribution in [-0.4, -0.2) is 66.7 Å². The number of esters is 2. The molecule has 0 bridgehead atoms. The third kappa shape index (κ3) is 4.76. The highest BCUT2D eigenvalue weighted by Crippen LogP contribution is 2.37. The van der Waals surface area contributed by atoms with Crippen molar-refractivity contribution in [2.75, 3.05) is 0 Å². The van der Waals surface area contributed by atoms with Gasteiger partial charge < -0.3 is 25.2 Å². The third-order valence-electron chi connectivity index (χ3n) is 5.10. The Bertz CT molecular complexity index is 1080. The summed E-state index contributed by atoms with van der Waals surface area (Å²) >= 11 is 10.6. The molecule has 4 N–H and O–H groups in total. The van der Waals surface area contributed by atoms with Gasteiger partial charge in [-0.15, -0.1) is 0 Å². The molecule has 0 heterocycles. The van der Waals surface area contributed by atoms with Crippen molar-refractivity contribution in [3.8, 4) is 0 Å². The van der Waals surface area contributed by atoms with Gasteiger partial charge in [0.15, 0.2) is 10.8 Å². The molecule has 0 aromatic rings. The molecule has 0 spiro atoms. The summed E-state index contributed by atoms with van der Waals surface area (Å²) in [5, 5.41) is 34.3. The number of aliphatic carboxylic acids is 4. The molecule has 2 aliphatic rings. The lowest BCUT2D eigenvalue weighted by Crippen LogP contribution is -2.40. The van der Waals surface area contributed by atoms with Gasteiger partial charge in [0.2, 0.25) is 10.5 Å². The molecule has 35 heavy (non-hydrogen) atoms. The number of ether oxygens (including phenoxy) is 1. The molecule has 2 rings (SSSR count). The average Bonchev–Trinajstić information content (AvgIpc) is 2.77. The second kappa shape index (κ2) is 9.64. The van der Waals surface area contributed by atoms with E-state index in [4.69, 9.17) is 23.2 Å². The lowest BCUT2D eigenvalue weighted by atomic mass is 9.78. The first-order valence-electron chi connectivity index (χ1n) is 9.03. The predicted molar refractivity (Wildman–Crippen MR) is 110 cm³/mol. The molecular formula is C20H12Cl2O13. The normalized spacial score (nSPS) is 27.1. The van der Waals surface area contributed by atoms with Gasteiger partial charge in [-0.25, -0.2) is 9.59 Å². The molecule has 0 saturated heterocycles. The van der Waals surface area contributed by atoms with Gasteiger partial charge in [0.1, 0.15) is 11.8 Å². The van der Waals surface area contributed by atoms with Gasteiger partial charge in [-0.05, 0) is 35.4 Å². The summed E-state index contributed by atoms with van der Waals surface area (Å²) in [4.78, 5) is 94.4. The Labute approximate surface area is 203 Å². The highest BCUT2D eigenvalue weighted by Gasteiger charge is 2.49. The third-order valence-corrected chi connectivity index (χ3v) is 5.73. The van der Waals surface area contributed by atoms with Crippen molar-refractivity contribution in [1.29, 1.82) is 0 Å². The highest BCUT2D eigenvalue weighted by atomic mass is 35.5. The number of carbonyl (C=O) groups is 8. The smallest absolute Gasteiger partial charge is 0.332 e. The van der Waals surface area contributed by atoms with E-state index in [-0.39, 0.29) is 0 Å². The summed E-state index contributed by atoms with van der Waals surface area (Å²) in [7, 11) is 0. The number of carboxylic acid groups (broad SMARTS) is 4.